The second-order valence-electron chi connectivity index (χ2n) is 6.62. The molecule has 2 aromatic carbocycles. The smallest absolute Gasteiger partial charge is 0.269 e. The molecule has 140 valence electrons. The van der Waals surface area contributed by atoms with Gasteiger partial charge in [0.2, 0.25) is 0 Å². The molecule has 1 atom stereocenters. The maximum atomic E-state index is 12.6. The van der Waals surface area contributed by atoms with Gasteiger partial charge >= 0.3 is 0 Å². The van der Waals surface area contributed by atoms with Crippen molar-refractivity contribution >= 4 is 27.3 Å². The Morgan fingerprint density at radius 1 is 1.11 bits per heavy atom. The summed E-state index contributed by atoms with van der Waals surface area (Å²) in [6.45, 7) is -0.0812. The average Bonchev–Trinajstić information content (AvgIpc) is 3.20. The summed E-state index contributed by atoms with van der Waals surface area (Å²) in [5.74, 6) is -0.522. The number of anilines is 1. The van der Waals surface area contributed by atoms with Crippen molar-refractivity contribution in [3.05, 3.63) is 65.7 Å². The van der Waals surface area contributed by atoms with E-state index in [0.717, 1.165) is 21.3 Å². The van der Waals surface area contributed by atoms with Crippen molar-refractivity contribution in [1.29, 1.82) is 0 Å². The van der Waals surface area contributed by atoms with Crippen molar-refractivity contribution in [3.63, 3.8) is 0 Å². The summed E-state index contributed by atoms with van der Waals surface area (Å²) in [5, 5.41) is 0. The largest absolute Gasteiger partial charge is 0.378 e. The van der Waals surface area contributed by atoms with Crippen molar-refractivity contribution in [1.82, 2.24) is 9.79 Å². The fraction of sp³-hybridized carbons (Fsp3) is 0.211. The molecule has 0 fully saturated rings. The lowest BCUT2D eigenvalue weighted by atomic mass is 10.1. The van der Waals surface area contributed by atoms with Gasteiger partial charge in [-0.2, -0.15) is 0 Å². The molecule has 0 unspecified atom stereocenters. The number of rotatable bonds is 4. The molecular weight excluding hydrogens is 366 g/mol. The van der Waals surface area contributed by atoms with Gasteiger partial charge in [0.25, 0.3) is 15.9 Å². The molecular formula is C19H19N3O4S. The third-order valence-electron chi connectivity index (χ3n) is 4.63. The van der Waals surface area contributed by atoms with E-state index in [-0.39, 0.29) is 17.0 Å². The van der Waals surface area contributed by atoms with Gasteiger partial charge in [0.15, 0.2) is 0 Å². The third-order valence-corrected chi connectivity index (χ3v) is 6.43. The highest BCUT2D eigenvalue weighted by Gasteiger charge is 2.42. The second kappa shape index (κ2) is 6.40. The summed E-state index contributed by atoms with van der Waals surface area (Å²) in [6, 6.07) is 14.1. The number of benzene rings is 2. The van der Waals surface area contributed by atoms with Crippen molar-refractivity contribution in [2.24, 2.45) is 0 Å². The highest BCUT2D eigenvalue weighted by atomic mass is 32.2. The topological polar surface area (TPSA) is 79.0 Å². The van der Waals surface area contributed by atoms with Crippen LogP contribution >= 0.6 is 0 Å². The molecule has 2 heterocycles. The van der Waals surface area contributed by atoms with Crippen LogP contribution in [-0.2, 0) is 14.9 Å². The van der Waals surface area contributed by atoms with Gasteiger partial charge in [0, 0.05) is 19.8 Å². The van der Waals surface area contributed by atoms with Gasteiger partial charge in [0.1, 0.15) is 11.0 Å². The van der Waals surface area contributed by atoms with Crippen LogP contribution in [0.25, 0.3) is 5.70 Å². The van der Waals surface area contributed by atoms with Crippen molar-refractivity contribution in [2.45, 2.75) is 11.0 Å². The Balaban J connectivity index is 1.54. The van der Waals surface area contributed by atoms with E-state index in [1.165, 1.54) is 12.1 Å². The number of fused-ring (bicyclic) bond motifs is 1. The van der Waals surface area contributed by atoms with Crippen LogP contribution in [0, 0.1) is 0 Å². The van der Waals surface area contributed by atoms with Crippen LogP contribution in [0.3, 0.4) is 0 Å². The summed E-state index contributed by atoms with van der Waals surface area (Å²) < 4.78 is 26.2. The van der Waals surface area contributed by atoms with Crippen molar-refractivity contribution < 1.29 is 18.0 Å². The Morgan fingerprint density at radius 2 is 1.81 bits per heavy atom. The van der Waals surface area contributed by atoms with Gasteiger partial charge < -0.3 is 4.90 Å². The van der Waals surface area contributed by atoms with E-state index in [1.807, 2.05) is 43.3 Å². The minimum absolute atomic E-state index is 0.0458. The number of carbonyl (C=O) groups is 1. The first-order chi connectivity index (χ1) is 12.9. The normalized spacial score (nSPS) is 20.2. The zero-order valence-corrected chi connectivity index (χ0v) is 15.7. The van der Waals surface area contributed by atoms with Crippen molar-refractivity contribution in [3.8, 4) is 0 Å². The first kappa shape index (κ1) is 17.6. The van der Waals surface area contributed by atoms with Crippen LogP contribution in [-0.4, -0.2) is 45.4 Å². The number of hydrogen-bond donors (Lipinski definition) is 1. The molecule has 0 aromatic heterocycles. The van der Waals surface area contributed by atoms with Crippen LogP contribution in [0.15, 0.2) is 59.5 Å². The Kier molecular flexibility index (Phi) is 4.16. The predicted molar refractivity (Wildman–Crippen MR) is 101 cm³/mol. The highest BCUT2D eigenvalue weighted by molar-refractivity contribution is 7.90. The maximum absolute atomic E-state index is 12.6. The van der Waals surface area contributed by atoms with Crippen LogP contribution in [0.1, 0.15) is 15.9 Å². The first-order valence-electron chi connectivity index (χ1n) is 8.45. The Morgan fingerprint density at radius 3 is 2.48 bits per heavy atom. The van der Waals surface area contributed by atoms with Gasteiger partial charge in [-0.25, -0.2) is 12.7 Å². The third kappa shape index (κ3) is 2.96. The molecule has 0 saturated heterocycles. The van der Waals surface area contributed by atoms with E-state index in [1.54, 1.807) is 18.2 Å². The summed E-state index contributed by atoms with van der Waals surface area (Å²) >= 11 is 0. The molecule has 2 aromatic rings. The molecule has 2 aliphatic heterocycles. The lowest BCUT2D eigenvalue weighted by Crippen LogP contribution is -2.37. The summed E-state index contributed by atoms with van der Waals surface area (Å²) in [7, 11) is 0.0910. The van der Waals surface area contributed by atoms with Gasteiger partial charge in [-0.1, -0.05) is 24.3 Å². The molecule has 0 aliphatic carbocycles. The fourth-order valence-corrected chi connectivity index (χ4v) is 4.73. The molecule has 0 spiro atoms. The van der Waals surface area contributed by atoms with Crippen molar-refractivity contribution in [2.75, 3.05) is 25.5 Å². The van der Waals surface area contributed by atoms with E-state index in [2.05, 4.69) is 5.48 Å². The SMILES string of the molecule is CN(C)c1ccc(C2=C[C@H](CN3C(=O)c4ccccc4S3(=O)=O)ON2)cc1. The van der Waals surface area contributed by atoms with Gasteiger partial charge in [-0.3, -0.25) is 15.1 Å². The molecule has 2 aliphatic rings. The van der Waals surface area contributed by atoms with Gasteiger partial charge in [-0.05, 0) is 35.9 Å². The van der Waals surface area contributed by atoms with E-state index in [4.69, 9.17) is 4.84 Å². The highest BCUT2D eigenvalue weighted by Crippen LogP contribution is 2.31. The average molecular weight is 385 g/mol. The zero-order chi connectivity index (χ0) is 19.2. The number of hydroxylamine groups is 1. The molecule has 27 heavy (non-hydrogen) atoms. The van der Waals surface area contributed by atoms with E-state index in [0.29, 0.717) is 0 Å². The van der Waals surface area contributed by atoms with Gasteiger partial charge in [-0.15, -0.1) is 0 Å². The van der Waals surface area contributed by atoms with E-state index >= 15 is 0 Å². The molecule has 4 rings (SSSR count). The monoisotopic (exact) mass is 385 g/mol. The predicted octanol–water partition coefficient (Wildman–Crippen LogP) is 1.84. The number of amides is 1. The molecule has 1 amide bonds. The van der Waals surface area contributed by atoms with Crippen LogP contribution in [0.5, 0.6) is 0 Å². The molecule has 0 bridgehead atoms. The molecule has 1 N–H and O–H groups in total. The maximum Gasteiger partial charge on any atom is 0.269 e. The van der Waals surface area contributed by atoms with Gasteiger partial charge in [0.05, 0.1) is 17.8 Å². The zero-order valence-electron chi connectivity index (χ0n) is 14.9. The minimum Gasteiger partial charge on any atom is -0.378 e. The summed E-state index contributed by atoms with van der Waals surface area (Å²) in [4.78, 5) is 20.0. The van der Waals surface area contributed by atoms with E-state index in [9.17, 15) is 13.2 Å². The summed E-state index contributed by atoms with van der Waals surface area (Å²) in [5.41, 5.74) is 5.76. The van der Waals surface area contributed by atoms with E-state index < -0.39 is 22.0 Å². The second-order valence-corrected chi connectivity index (χ2v) is 8.45. The number of sulfonamides is 1. The quantitative estimate of drug-likeness (QED) is 0.865. The number of hydrogen-bond acceptors (Lipinski definition) is 6. The lowest BCUT2D eigenvalue weighted by Gasteiger charge is -2.17. The molecule has 7 nitrogen and oxygen atoms in total. The molecule has 8 heteroatoms. The first-order valence-corrected chi connectivity index (χ1v) is 9.89. The molecule has 0 radical (unpaired) electrons. The Hall–Kier alpha value is -2.84. The Bertz CT molecular complexity index is 1030. The summed E-state index contributed by atoms with van der Waals surface area (Å²) in [6.07, 6.45) is 1.22. The standard InChI is InChI=1S/C19H19N3O4S/c1-21(2)14-9-7-13(8-10-14)17-11-15(26-20-17)12-22-19(23)16-5-3-4-6-18(16)27(22,24)25/h3-11,15,20H,12H2,1-2H3/t15-/m1/s1. The number of nitrogens with zero attached hydrogens (tertiary/aromatic N) is 2. The van der Waals surface area contributed by atoms with Crippen LogP contribution in [0.2, 0.25) is 0 Å². The van der Waals surface area contributed by atoms with Crippen LogP contribution < -0.4 is 10.4 Å². The number of carbonyl (C=O) groups excluding carboxylic acids is 1. The minimum atomic E-state index is -3.84. The molecule has 0 saturated carbocycles. The fourth-order valence-electron chi connectivity index (χ4n) is 3.15. The Labute approximate surface area is 157 Å². The van der Waals surface area contributed by atoms with Crippen LogP contribution in [0.4, 0.5) is 5.69 Å². The lowest BCUT2D eigenvalue weighted by molar-refractivity contribution is 0.0389. The number of nitrogens with one attached hydrogen (secondary N) is 1.